The van der Waals surface area contributed by atoms with Gasteiger partial charge >= 0.3 is 0 Å². The van der Waals surface area contributed by atoms with Crippen LogP contribution in [-0.4, -0.2) is 20.8 Å². The molecule has 2 aromatic rings. The molecule has 0 amide bonds. The molecular weight excluding hydrogens is 236 g/mol. The van der Waals surface area contributed by atoms with Crippen LogP contribution in [0.15, 0.2) is 30.6 Å². The van der Waals surface area contributed by atoms with Gasteiger partial charge < -0.3 is 5.32 Å². The molecule has 0 saturated heterocycles. The number of benzene rings is 1. The quantitative estimate of drug-likeness (QED) is 0.909. The molecule has 1 unspecified atom stereocenters. The van der Waals surface area contributed by atoms with Crippen LogP contribution in [0.5, 0.6) is 0 Å². The van der Waals surface area contributed by atoms with Gasteiger partial charge in [-0.05, 0) is 37.3 Å². The molecule has 0 bridgehead atoms. The second kappa shape index (κ2) is 5.53. The number of aryl methyl sites for hydroxylation is 2. The molecule has 4 nitrogen and oxygen atoms in total. The Hall–Kier alpha value is -1.68. The zero-order valence-electron chi connectivity index (χ0n) is 11.3. The van der Waals surface area contributed by atoms with Gasteiger partial charge in [-0.25, -0.2) is 9.67 Å². The molecule has 1 heterocycles. The maximum absolute atomic E-state index is 4.31. The van der Waals surface area contributed by atoms with Gasteiger partial charge in [0.25, 0.3) is 0 Å². The molecule has 4 heteroatoms. The van der Waals surface area contributed by atoms with Gasteiger partial charge in [0.2, 0.25) is 0 Å². The maximum Gasteiger partial charge on any atom is 0.140 e. The SMILES string of the molecule is CCn1ncnc1CNC1CCc2ccccc2C1. The van der Waals surface area contributed by atoms with Crippen LogP contribution in [0, 0.1) is 0 Å². The van der Waals surface area contributed by atoms with Crippen LogP contribution in [-0.2, 0) is 25.9 Å². The predicted octanol–water partition coefficient (Wildman–Crippen LogP) is 1.95. The number of nitrogens with zero attached hydrogens (tertiary/aromatic N) is 3. The van der Waals surface area contributed by atoms with Gasteiger partial charge in [0.1, 0.15) is 12.2 Å². The van der Waals surface area contributed by atoms with E-state index in [9.17, 15) is 0 Å². The van der Waals surface area contributed by atoms with Crippen LogP contribution in [0.1, 0.15) is 30.3 Å². The molecule has 100 valence electrons. The smallest absolute Gasteiger partial charge is 0.140 e. The minimum absolute atomic E-state index is 0.553. The first-order valence-electron chi connectivity index (χ1n) is 7.03. The fourth-order valence-corrected chi connectivity index (χ4v) is 2.80. The molecule has 19 heavy (non-hydrogen) atoms. The van der Waals surface area contributed by atoms with Crippen molar-refractivity contribution in [3.63, 3.8) is 0 Å². The van der Waals surface area contributed by atoms with Crippen molar-refractivity contribution in [1.29, 1.82) is 0 Å². The van der Waals surface area contributed by atoms with Crippen molar-refractivity contribution < 1.29 is 0 Å². The van der Waals surface area contributed by atoms with Crippen molar-refractivity contribution in [3.05, 3.63) is 47.5 Å². The van der Waals surface area contributed by atoms with Crippen LogP contribution in [0.2, 0.25) is 0 Å². The predicted molar refractivity (Wildman–Crippen MR) is 74.8 cm³/mol. The summed E-state index contributed by atoms with van der Waals surface area (Å²) < 4.78 is 1.95. The highest BCUT2D eigenvalue weighted by Gasteiger charge is 2.18. The summed E-state index contributed by atoms with van der Waals surface area (Å²) in [4.78, 5) is 4.31. The number of fused-ring (bicyclic) bond motifs is 1. The molecule has 3 rings (SSSR count). The Balaban J connectivity index is 1.61. The van der Waals surface area contributed by atoms with E-state index in [4.69, 9.17) is 0 Å². The summed E-state index contributed by atoms with van der Waals surface area (Å²) in [6, 6.07) is 9.32. The Bertz CT molecular complexity index is 547. The van der Waals surface area contributed by atoms with E-state index in [1.807, 2.05) is 4.68 Å². The lowest BCUT2D eigenvalue weighted by Gasteiger charge is -2.25. The van der Waals surface area contributed by atoms with Crippen LogP contribution in [0.4, 0.5) is 0 Å². The maximum atomic E-state index is 4.31. The summed E-state index contributed by atoms with van der Waals surface area (Å²) in [7, 11) is 0. The second-order valence-corrected chi connectivity index (χ2v) is 5.08. The minimum Gasteiger partial charge on any atom is -0.307 e. The minimum atomic E-state index is 0.553. The number of hydrogen-bond acceptors (Lipinski definition) is 3. The Kier molecular flexibility index (Phi) is 3.60. The first-order valence-corrected chi connectivity index (χ1v) is 7.03. The zero-order chi connectivity index (χ0) is 13.1. The molecule has 1 aliphatic rings. The molecule has 1 aliphatic carbocycles. The van der Waals surface area contributed by atoms with E-state index in [1.165, 1.54) is 24.0 Å². The summed E-state index contributed by atoms with van der Waals surface area (Å²) >= 11 is 0. The lowest BCUT2D eigenvalue weighted by atomic mass is 9.88. The van der Waals surface area contributed by atoms with Crippen molar-refractivity contribution in [2.75, 3.05) is 0 Å². The lowest BCUT2D eigenvalue weighted by molar-refractivity contribution is 0.441. The van der Waals surface area contributed by atoms with Gasteiger partial charge in [0, 0.05) is 12.6 Å². The Morgan fingerprint density at radius 3 is 3.00 bits per heavy atom. The third-order valence-corrected chi connectivity index (χ3v) is 3.89. The highest BCUT2D eigenvalue weighted by molar-refractivity contribution is 5.30. The summed E-state index contributed by atoms with van der Waals surface area (Å²) in [5.41, 5.74) is 3.00. The average molecular weight is 256 g/mol. The molecule has 0 radical (unpaired) electrons. The topological polar surface area (TPSA) is 42.7 Å². The summed E-state index contributed by atoms with van der Waals surface area (Å²) in [5, 5.41) is 7.82. The van der Waals surface area contributed by atoms with E-state index in [-0.39, 0.29) is 0 Å². The van der Waals surface area contributed by atoms with E-state index >= 15 is 0 Å². The van der Waals surface area contributed by atoms with Gasteiger partial charge in [-0.2, -0.15) is 5.10 Å². The van der Waals surface area contributed by atoms with Gasteiger partial charge in [-0.1, -0.05) is 24.3 Å². The fourth-order valence-electron chi connectivity index (χ4n) is 2.80. The summed E-state index contributed by atoms with van der Waals surface area (Å²) in [6.07, 6.45) is 5.14. The molecular formula is C15H20N4. The van der Waals surface area contributed by atoms with Gasteiger partial charge in [0.15, 0.2) is 0 Å². The molecule has 1 aromatic heterocycles. The van der Waals surface area contributed by atoms with Crippen LogP contribution < -0.4 is 5.32 Å². The van der Waals surface area contributed by atoms with E-state index in [0.717, 1.165) is 25.3 Å². The molecule has 0 aliphatic heterocycles. The third-order valence-electron chi connectivity index (χ3n) is 3.89. The van der Waals surface area contributed by atoms with Crippen molar-refractivity contribution in [2.45, 2.75) is 45.3 Å². The van der Waals surface area contributed by atoms with Crippen LogP contribution >= 0.6 is 0 Å². The standard InChI is InChI=1S/C15H20N4/c1-2-19-15(17-11-18-19)10-16-14-8-7-12-5-3-4-6-13(12)9-14/h3-6,11,14,16H,2,7-10H2,1H3. The van der Waals surface area contributed by atoms with Gasteiger partial charge in [-0.15, -0.1) is 0 Å². The largest absolute Gasteiger partial charge is 0.307 e. The first-order chi connectivity index (χ1) is 9.36. The van der Waals surface area contributed by atoms with Crippen molar-refractivity contribution in [3.8, 4) is 0 Å². The molecule has 0 spiro atoms. The normalized spacial score (nSPS) is 18.3. The van der Waals surface area contributed by atoms with Crippen molar-refractivity contribution in [1.82, 2.24) is 20.1 Å². The average Bonchev–Trinajstić information content (AvgIpc) is 2.92. The molecule has 1 N–H and O–H groups in total. The summed E-state index contributed by atoms with van der Waals surface area (Å²) in [6.45, 7) is 3.78. The third kappa shape index (κ3) is 2.68. The molecule has 1 aromatic carbocycles. The van der Waals surface area contributed by atoms with E-state index in [1.54, 1.807) is 6.33 Å². The van der Waals surface area contributed by atoms with E-state index in [0.29, 0.717) is 6.04 Å². The van der Waals surface area contributed by atoms with Crippen molar-refractivity contribution in [2.24, 2.45) is 0 Å². The second-order valence-electron chi connectivity index (χ2n) is 5.08. The highest BCUT2D eigenvalue weighted by Crippen LogP contribution is 2.21. The molecule has 0 fully saturated rings. The van der Waals surface area contributed by atoms with Gasteiger partial charge in [-0.3, -0.25) is 0 Å². The number of nitrogens with one attached hydrogen (secondary N) is 1. The Labute approximate surface area is 113 Å². The summed E-state index contributed by atoms with van der Waals surface area (Å²) in [5.74, 6) is 1.03. The van der Waals surface area contributed by atoms with E-state index in [2.05, 4.69) is 46.6 Å². The lowest BCUT2D eigenvalue weighted by Crippen LogP contribution is -2.34. The number of hydrogen-bond donors (Lipinski definition) is 1. The first kappa shape index (κ1) is 12.4. The molecule has 0 saturated carbocycles. The monoisotopic (exact) mass is 256 g/mol. The van der Waals surface area contributed by atoms with Crippen molar-refractivity contribution >= 4 is 0 Å². The molecule has 1 atom stereocenters. The highest BCUT2D eigenvalue weighted by atomic mass is 15.3. The van der Waals surface area contributed by atoms with Crippen LogP contribution in [0.3, 0.4) is 0 Å². The Morgan fingerprint density at radius 2 is 2.16 bits per heavy atom. The Morgan fingerprint density at radius 1 is 1.32 bits per heavy atom. The number of aromatic nitrogens is 3. The van der Waals surface area contributed by atoms with E-state index < -0.39 is 0 Å². The zero-order valence-corrected chi connectivity index (χ0v) is 11.3. The fraction of sp³-hybridized carbons (Fsp3) is 0.467. The van der Waals surface area contributed by atoms with Crippen LogP contribution in [0.25, 0.3) is 0 Å². The van der Waals surface area contributed by atoms with Gasteiger partial charge in [0.05, 0.1) is 6.54 Å². The number of rotatable bonds is 4.